The van der Waals surface area contributed by atoms with Gasteiger partial charge in [0.1, 0.15) is 12.6 Å². The minimum absolute atomic E-state index is 0.271. The first kappa shape index (κ1) is 11.9. The van der Waals surface area contributed by atoms with Gasteiger partial charge in [0, 0.05) is 4.47 Å². The topological polar surface area (TPSA) is 66.8 Å². The minimum atomic E-state index is -1.04. The van der Waals surface area contributed by atoms with Crippen LogP contribution in [0.5, 0.6) is 0 Å². The van der Waals surface area contributed by atoms with E-state index in [1.54, 1.807) is 0 Å². The molecule has 0 spiro atoms. The second-order valence-electron chi connectivity index (χ2n) is 3.70. The smallest absolute Gasteiger partial charge is 0.411 e. The van der Waals surface area contributed by atoms with Gasteiger partial charge in [-0.25, -0.2) is 4.79 Å². The summed E-state index contributed by atoms with van der Waals surface area (Å²) in [6.45, 7) is -0.0569. The zero-order valence-corrected chi connectivity index (χ0v) is 10.4. The molecule has 90 valence electrons. The van der Waals surface area contributed by atoms with Gasteiger partial charge < -0.3 is 9.84 Å². The molecule has 1 aromatic carbocycles. The Hall–Kier alpha value is -1.56. The van der Waals surface area contributed by atoms with Crippen LogP contribution in [0.25, 0.3) is 0 Å². The summed E-state index contributed by atoms with van der Waals surface area (Å²) in [5.74, 6) is -1.04. The summed E-state index contributed by atoms with van der Waals surface area (Å²) in [5.41, 5.74) is 0.856. The van der Waals surface area contributed by atoms with Gasteiger partial charge in [-0.15, -0.1) is 0 Å². The standard InChI is InChI=1S/C11H10BrNO4/c12-8-3-1-7(2-4-8)9-5-13(6-10(14)15)11(16)17-9/h1-4,9H,5-6H2,(H,14,15). The first-order chi connectivity index (χ1) is 8.06. The number of amides is 1. The fourth-order valence-corrected chi connectivity index (χ4v) is 1.92. The Balaban J connectivity index is 2.08. The van der Waals surface area contributed by atoms with Gasteiger partial charge in [-0.05, 0) is 17.7 Å². The zero-order valence-electron chi connectivity index (χ0n) is 8.80. The van der Waals surface area contributed by atoms with E-state index < -0.39 is 18.2 Å². The molecule has 1 N–H and O–H groups in total. The van der Waals surface area contributed by atoms with Crippen LogP contribution in [0, 0.1) is 0 Å². The van der Waals surface area contributed by atoms with E-state index in [-0.39, 0.29) is 13.1 Å². The Morgan fingerprint density at radius 2 is 2.12 bits per heavy atom. The van der Waals surface area contributed by atoms with Crippen molar-refractivity contribution >= 4 is 28.0 Å². The summed E-state index contributed by atoms with van der Waals surface area (Å²) in [5, 5.41) is 8.63. The Labute approximate surface area is 106 Å². The van der Waals surface area contributed by atoms with Crippen LogP contribution in [0.2, 0.25) is 0 Å². The number of halogens is 1. The number of cyclic esters (lactones) is 1. The maximum absolute atomic E-state index is 11.4. The number of hydrogen-bond donors (Lipinski definition) is 1. The second-order valence-corrected chi connectivity index (χ2v) is 4.61. The quantitative estimate of drug-likeness (QED) is 0.927. The molecule has 1 atom stereocenters. The number of carboxylic acids is 1. The lowest BCUT2D eigenvalue weighted by molar-refractivity contribution is -0.137. The highest BCUT2D eigenvalue weighted by Crippen LogP contribution is 2.26. The van der Waals surface area contributed by atoms with E-state index in [1.807, 2.05) is 24.3 Å². The highest BCUT2D eigenvalue weighted by atomic mass is 79.9. The molecular formula is C11H10BrNO4. The maximum Gasteiger partial charge on any atom is 0.411 e. The zero-order chi connectivity index (χ0) is 12.4. The third-order valence-corrected chi connectivity index (χ3v) is 2.98. The van der Waals surface area contributed by atoms with Crippen LogP contribution < -0.4 is 0 Å². The second kappa shape index (κ2) is 4.75. The maximum atomic E-state index is 11.4. The molecular weight excluding hydrogens is 290 g/mol. The van der Waals surface area contributed by atoms with Crippen molar-refractivity contribution in [2.75, 3.05) is 13.1 Å². The van der Waals surface area contributed by atoms with Crippen LogP contribution in [0.3, 0.4) is 0 Å². The van der Waals surface area contributed by atoms with Crippen LogP contribution in [0.15, 0.2) is 28.7 Å². The van der Waals surface area contributed by atoms with E-state index in [2.05, 4.69) is 15.9 Å². The van der Waals surface area contributed by atoms with E-state index in [0.29, 0.717) is 0 Å². The molecule has 1 heterocycles. The normalized spacial score (nSPS) is 19.2. The monoisotopic (exact) mass is 299 g/mol. The summed E-state index contributed by atoms with van der Waals surface area (Å²) in [4.78, 5) is 23.1. The number of carboxylic acid groups (broad SMARTS) is 1. The molecule has 2 rings (SSSR count). The predicted octanol–water partition coefficient (Wildman–Crippen LogP) is 2.03. The number of aliphatic carboxylic acids is 1. The molecule has 17 heavy (non-hydrogen) atoms. The molecule has 1 fully saturated rings. The molecule has 1 unspecified atom stereocenters. The van der Waals surface area contributed by atoms with Gasteiger partial charge in [-0.1, -0.05) is 28.1 Å². The molecule has 1 aromatic rings. The Morgan fingerprint density at radius 1 is 1.47 bits per heavy atom. The van der Waals surface area contributed by atoms with Gasteiger partial charge in [-0.3, -0.25) is 9.69 Å². The van der Waals surface area contributed by atoms with Crippen molar-refractivity contribution in [2.24, 2.45) is 0 Å². The Bertz CT molecular complexity index is 445. The number of hydrogen-bond acceptors (Lipinski definition) is 3. The highest BCUT2D eigenvalue weighted by molar-refractivity contribution is 9.10. The van der Waals surface area contributed by atoms with E-state index in [1.165, 1.54) is 4.90 Å². The summed E-state index contributed by atoms with van der Waals surface area (Å²) >= 11 is 3.31. The minimum Gasteiger partial charge on any atom is -0.480 e. The van der Waals surface area contributed by atoms with Gasteiger partial charge in [0.25, 0.3) is 0 Å². The summed E-state index contributed by atoms with van der Waals surface area (Å²) in [6.07, 6.45) is -0.977. The average molecular weight is 300 g/mol. The molecule has 0 aromatic heterocycles. The lowest BCUT2D eigenvalue weighted by atomic mass is 10.1. The molecule has 6 heteroatoms. The SMILES string of the molecule is O=C(O)CN1CC(c2ccc(Br)cc2)OC1=O. The van der Waals surface area contributed by atoms with E-state index in [4.69, 9.17) is 9.84 Å². The molecule has 5 nitrogen and oxygen atoms in total. The van der Waals surface area contributed by atoms with Crippen molar-refractivity contribution in [3.05, 3.63) is 34.3 Å². The van der Waals surface area contributed by atoms with Gasteiger partial charge in [0.05, 0.1) is 6.54 Å². The Morgan fingerprint density at radius 3 is 2.71 bits per heavy atom. The van der Waals surface area contributed by atoms with Crippen molar-refractivity contribution in [2.45, 2.75) is 6.10 Å². The van der Waals surface area contributed by atoms with Crippen LogP contribution in [0.1, 0.15) is 11.7 Å². The summed E-state index contributed by atoms with van der Waals surface area (Å²) in [7, 11) is 0. The van der Waals surface area contributed by atoms with Crippen LogP contribution >= 0.6 is 15.9 Å². The lowest BCUT2D eigenvalue weighted by Gasteiger charge is -2.09. The molecule has 1 saturated heterocycles. The Kier molecular flexibility index (Phi) is 3.33. The molecule has 0 radical (unpaired) electrons. The van der Waals surface area contributed by atoms with Gasteiger partial charge >= 0.3 is 12.1 Å². The molecule has 1 amide bonds. The van der Waals surface area contributed by atoms with Crippen molar-refractivity contribution in [1.82, 2.24) is 4.90 Å². The van der Waals surface area contributed by atoms with E-state index in [0.717, 1.165) is 10.0 Å². The van der Waals surface area contributed by atoms with Crippen LogP contribution in [0.4, 0.5) is 4.79 Å². The largest absolute Gasteiger partial charge is 0.480 e. The predicted molar refractivity (Wildman–Crippen MR) is 62.6 cm³/mol. The van der Waals surface area contributed by atoms with Crippen molar-refractivity contribution < 1.29 is 19.4 Å². The van der Waals surface area contributed by atoms with Crippen molar-refractivity contribution in [1.29, 1.82) is 0 Å². The molecule has 1 aliphatic heterocycles. The van der Waals surface area contributed by atoms with E-state index in [9.17, 15) is 9.59 Å². The van der Waals surface area contributed by atoms with Crippen LogP contribution in [-0.4, -0.2) is 35.2 Å². The van der Waals surface area contributed by atoms with Gasteiger partial charge in [0.15, 0.2) is 0 Å². The molecule has 1 aliphatic rings. The summed E-state index contributed by atoms with van der Waals surface area (Å²) < 4.78 is 6.05. The number of carbonyl (C=O) groups is 2. The third-order valence-electron chi connectivity index (χ3n) is 2.46. The number of nitrogens with zero attached hydrogens (tertiary/aromatic N) is 1. The first-order valence-corrected chi connectivity index (χ1v) is 5.78. The number of ether oxygens (including phenoxy) is 1. The van der Waals surface area contributed by atoms with Gasteiger partial charge in [-0.2, -0.15) is 0 Å². The first-order valence-electron chi connectivity index (χ1n) is 4.99. The van der Waals surface area contributed by atoms with Gasteiger partial charge in [0.2, 0.25) is 0 Å². The molecule has 0 bridgehead atoms. The third kappa shape index (κ3) is 2.76. The molecule has 0 aliphatic carbocycles. The summed E-state index contributed by atoms with van der Waals surface area (Å²) in [6, 6.07) is 7.38. The van der Waals surface area contributed by atoms with Crippen LogP contribution in [-0.2, 0) is 9.53 Å². The number of carbonyl (C=O) groups excluding carboxylic acids is 1. The van der Waals surface area contributed by atoms with E-state index >= 15 is 0 Å². The average Bonchev–Trinajstić information content (AvgIpc) is 2.60. The molecule has 0 saturated carbocycles. The number of benzene rings is 1. The fourth-order valence-electron chi connectivity index (χ4n) is 1.65. The van der Waals surface area contributed by atoms with Crippen molar-refractivity contribution in [3.8, 4) is 0 Å². The highest BCUT2D eigenvalue weighted by Gasteiger charge is 2.33. The number of rotatable bonds is 3. The lowest BCUT2D eigenvalue weighted by Crippen LogP contribution is -2.30. The van der Waals surface area contributed by atoms with Crippen molar-refractivity contribution in [3.63, 3.8) is 0 Å². The fraction of sp³-hybridized carbons (Fsp3) is 0.273.